The molecule has 0 spiro atoms. The first-order valence-electron chi connectivity index (χ1n) is 7.28. The quantitative estimate of drug-likeness (QED) is 0.672. The normalized spacial score (nSPS) is 12.4. The molecule has 3 rings (SSSR count). The van der Waals surface area contributed by atoms with E-state index in [1.165, 1.54) is 0 Å². The Balaban J connectivity index is 2.26. The van der Waals surface area contributed by atoms with Crippen LogP contribution in [-0.4, -0.2) is 38.3 Å². The van der Waals surface area contributed by atoms with Crippen LogP contribution in [0.1, 0.15) is 5.56 Å². The van der Waals surface area contributed by atoms with Crippen LogP contribution in [0.25, 0.3) is 16.6 Å². The predicted molar refractivity (Wildman–Crippen MR) is 94.3 cm³/mol. The molecule has 0 aliphatic rings. The number of ether oxygens (including phenoxy) is 1. The second kappa shape index (κ2) is 6.97. The Hall–Kier alpha value is -2.19. The molecule has 7 nitrogen and oxygen atoms in total. The van der Waals surface area contributed by atoms with Crippen molar-refractivity contribution in [2.24, 2.45) is 5.73 Å². The van der Waals surface area contributed by atoms with Crippen LogP contribution in [0, 0.1) is 6.92 Å². The molecule has 0 aliphatic heterocycles. The minimum absolute atomic E-state index is 0.0364. The van der Waals surface area contributed by atoms with E-state index in [2.05, 4.69) is 9.97 Å². The van der Waals surface area contributed by atoms with Crippen molar-refractivity contribution >= 4 is 40.1 Å². The standard InChI is InChI=1S/C16H14Cl2N4O3/c1-8-14(22-5-4-20-7-22)9-2-3-10(17)12(18)13(9)21-15(8)25-16(24)11(19)6-23/h2-5,7,11,23H,6,19H2,1H3/t11-/m0/s1. The zero-order chi connectivity index (χ0) is 18.1. The summed E-state index contributed by atoms with van der Waals surface area (Å²) in [6, 6.07) is 2.29. The third-order valence-corrected chi connectivity index (χ3v) is 4.47. The number of carbonyl (C=O) groups is 1. The molecule has 0 fully saturated rings. The number of carbonyl (C=O) groups excluding carboxylic acids is 1. The van der Waals surface area contributed by atoms with Gasteiger partial charge in [0.25, 0.3) is 0 Å². The maximum absolute atomic E-state index is 12.0. The minimum Gasteiger partial charge on any atom is -0.406 e. The Labute approximate surface area is 153 Å². The van der Waals surface area contributed by atoms with E-state index >= 15 is 0 Å². The fraction of sp³-hybridized carbons (Fsp3) is 0.188. The monoisotopic (exact) mass is 380 g/mol. The molecule has 1 aromatic carbocycles. The van der Waals surface area contributed by atoms with Gasteiger partial charge in [0.2, 0.25) is 5.88 Å². The molecule has 2 heterocycles. The lowest BCUT2D eigenvalue weighted by atomic mass is 10.1. The second-order valence-corrected chi connectivity index (χ2v) is 6.11. The van der Waals surface area contributed by atoms with Gasteiger partial charge in [-0.3, -0.25) is 0 Å². The predicted octanol–water partition coefficient (Wildman–Crippen LogP) is 2.26. The number of aliphatic hydroxyl groups is 1. The Kier molecular flexibility index (Phi) is 4.91. The summed E-state index contributed by atoms with van der Waals surface area (Å²) < 4.78 is 7.03. The fourth-order valence-electron chi connectivity index (χ4n) is 2.40. The number of nitrogens with two attached hydrogens (primary N) is 1. The Morgan fingerprint density at radius 3 is 2.84 bits per heavy atom. The van der Waals surface area contributed by atoms with Crippen LogP contribution in [0.15, 0.2) is 30.9 Å². The molecule has 0 saturated carbocycles. The molecule has 0 bridgehead atoms. The van der Waals surface area contributed by atoms with Gasteiger partial charge in [0.1, 0.15) is 6.04 Å². The second-order valence-electron chi connectivity index (χ2n) is 5.33. The van der Waals surface area contributed by atoms with Crippen LogP contribution < -0.4 is 10.5 Å². The number of halogens is 2. The van der Waals surface area contributed by atoms with Crippen LogP contribution >= 0.6 is 23.2 Å². The van der Waals surface area contributed by atoms with Gasteiger partial charge in [0.15, 0.2) is 0 Å². The smallest absolute Gasteiger partial charge is 0.332 e. The first-order chi connectivity index (χ1) is 11.9. The highest BCUT2D eigenvalue weighted by Gasteiger charge is 2.21. The van der Waals surface area contributed by atoms with Crippen molar-refractivity contribution in [2.75, 3.05) is 6.61 Å². The number of hydrogen-bond donors (Lipinski definition) is 2. The van der Waals surface area contributed by atoms with E-state index in [1.807, 2.05) is 0 Å². The van der Waals surface area contributed by atoms with E-state index in [0.29, 0.717) is 21.8 Å². The van der Waals surface area contributed by atoms with Crippen molar-refractivity contribution < 1.29 is 14.6 Å². The number of imidazole rings is 1. The number of esters is 1. The Morgan fingerprint density at radius 1 is 1.44 bits per heavy atom. The van der Waals surface area contributed by atoms with Gasteiger partial charge in [-0.25, -0.2) is 14.8 Å². The number of aliphatic hydroxyl groups excluding tert-OH is 1. The summed E-state index contributed by atoms with van der Waals surface area (Å²) in [5.41, 5.74) is 7.16. The summed E-state index contributed by atoms with van der Waals surface area (Å²) >= 11 is 12.4. The third-order valence-electron chi connectivity index (χ3n) is 3.67. The molecule has 0 aliphatic carbocycles. The molecule has 1 atom stereocenters. The minimum atomic E-state index is -1.16. The summed E-state index contributed by atoms with van der Waals surface area (Å²) in [5, 5.41) is 10.3. The molecule has 2 aromatic heterocycles. The highest BCUT2D eigenvalue weighted by Crippen LogP contribution is 2.37. The van der Waals surface area contributed by atoms with Crippen molar-refractivity contribution in [1.29, 1.82) is 0 Å². The van der Waals surface area contributed by atoms with Gasteiger partial charge in [0.05, 0.1) is 34.2 Å². The zero-order valence-corrected chi connectivity index (χ0v) is 14.6. The van der Waals surface area contributed by atoms with E-state index < -0.39 is 18.6 Å². The van der Waals surface area contributed by atoms with Gasteiger partial charge < -0.3 is 20.1 Å². The summed E-state index contributed by atoms with van der Waals surface area (Å²) in [6.07, 6.45) is 4.97. The van der Waals surface area contributed by atoms with Gasteiger partial charge >= 0.3 is 5.97 Å². The highest BCUT2D eigenvalue weighted by molar-refractivity contribution is 6.45. The molecule has 3 N–H and O–H groups in total. The molecule has 0 amide bonds. The summed E-state index contributed by atoms with van der Waals surface area (Å²) in [4.78, 5) is 20.3. The number of nitrogens with zero attached hydrogens (tertiary/aromatic N) is 3. The highest BCUT2D eigenvalue weighted by atomic mass is 35.5. The first-order valence-corrected chi connectivity index (χ1v) is 8.04. The van der Waals surface area contributed by atoms with Gasteiger partial charge in [-0.2, -0.15) is 0 Å². The zero-order valence-electron chi connectivity index (χ0n) is 13.1. The fourth-order valence-corrected chi connectivity index (χ4v) is 2.76. The number of rotatable bonds is 4. The molecule has 3 aromatic rings. The molecule has 0 saturated heterocycles. The summed E-state index contributed by atoms with van der Waals surface area (Å²) in [5.74, 6) is -0.763. The van der Waals surface area contributed by atoms with Crippen LogP contribution in [0.3, 0.4) is 0 Å². The van der Waals surface area contributed by atoms with Crippen LogP contribution in [0.5, 0.6) is 5.88 Å². The SMILES string of the molecule is Cc1c(OC(=O)[C@@H](N)CO)nc2c(Cl)c(Cl)ccc2c1-n1ccnc1. The molecule has 25 heavy (non-hydrogen) atoms. The lowest BCUT2D eigenvalue weighted by molar-refractivity contribution is -0.137. The maximum Gasteiger partial charge on any atom is 0.332 e. The van der Waals surface area contributed by atoms with Crippen molar-refractivity contribution in [3.8, 4) is 11.6 Å². The Bertz CT molecular complexity index is 944. The summed E-state index contributed by atoms with van der Waals surface area (Å²) in [6.45, 7) is 1.21. The topological polar surface area (TPSA) is 103 Å². The van der Waals surface area contributed by atoms with Gasteiger partial charge in [-0.15, -0.1) is 0 Å². The van der Waals surface area contributed by atoms with Gasteiger partial charge in [-0.05, 0) is 19.1 Å². The molecular weight excluding hydrogens is 367 g/mol. The molecule has 9 heteroatoms. The van der Waals surface area contributed by atoms with Gasteiger partial charge in [0, 0.05) is 23.3 Å². The molecule has 130 valence electrons. The van der Waals surface area contributed by atoms with Gasteiger partial charge in [-0.1, -0.05) is 23.2 Å². The lowest BCUT2D eigenvalue weighted by Crippen LogP contribution is -2.37. The van der Waals surface area contributed by atoms with Crippen molar-refractivity contribution in [3.63, 3.8) is 0 Å². The molecular formula is C16H14Cl2N4O3. The molecule has 0 radical (unpaired) electrons. The number of hydrogen-bond acceptors (Lipinski definition) is 6. The van der Waals surface area contributed by atoms with E-state index in [1.54, 1.807) is 42.3 Å². The number of benzene rings is 1. The van der Waals surface area contributed by atoms with Crippen molar-refractivity contribution in [3.05, 3.63) is 46.5 Å². The number of pyridine rings is 1. The third kappa shape index (κ3) is 3.19. The average Bonchev–Trinajstić information content (AvgIpc) is 3.12. The maximum atomic E-state index is 12.0. The van der Waals surface area contributed by atoms with E-state index in [9.17, 15) is 4.79 Å². The van der Waals surface area contributed by atoms with Crippen molar-refractivity contribution in [2.45, 2.75) is 13.0 Å². The van der Waals surface area contributed by atoms with Crippen LogP contribution in [0.2, 0.25) is 10.0 Å². The first kappa shape index (κ1) is 17.6. The Morgan fingerprint density at radius 2 is 2.20 bits per heavy atom. The van der Waals surface area contributed by atoms with E-state index in [4.69, 9.17) is 38.8 Å². The van der Waals surface area contributed by atoms with E-state index in [-0.39, 0.29) is 10.9 Å². The molecule has 0 unspecified atom stereocenters. The van der Waals surface area contributed by atoms with E-state index in [0.717, 1.165) is 5.39 Å². The largest absolute Gasteiger partial charge is 0.406 e. The van der Waals surface area contributed by atoms with Crippen LogP contribution in [0.4, 0.5) is 0 Å². The van der Waals surface area contributed by atoms with Crippen molar-refractivity contribution in [1.82, 2.24) is 14.5 Å². The van der Waals surface area contributed by atoms with Crippen LogP contribution in [-0.2, 0) is 4.79 Å². The lowest BCUT2D eigenvalue weighted by Gasteiger charge is -2.16. The number of fused-ring (bicyclic) bond motifs is 1. The summed E-state index contributed by atoms with van der Waals surface area (Å²) in [7, 11) is 0. The number of aromatic nitrogens is 3. The average molecular weight is 381 g/mol.